The van der Waals surface area contributed by atoms with E-state index in [-0.39, 0.29) is 0 Å². The molecule has 0 saturated heterocycles. The van der Waals surface area contributed by atoms with E-state index in [2.05, 4.69) is 9.68 Å². The van der Waals surface area contributed by atoms with E-state index in [4.69, 9.17) is 0 Å². The fourth-order valence-corrected chi connectivity index (χ4v) is 0.0812. The molecule has 0 aromatic carbocycles. The number of hydrogen-bond donors (Lipinski definition) is 1. The fourth-order valence-electron chi connectivity index (χ4n) is 0.0812. The zero-order valence-corrected chi connectivity index (χ0v) is 3.40. The molecular formula is C2H6FNO2. The lowest BCUT2D eigenvalue weighted by atomic mass is 11.6. The third-order valence-electron chi connectivity index (χ3n) is 0.197. The molecule has 0 aromatic rings. The lowest BCUT2D eigenvalue weighted by Gasteiger charge is -1.92. The minimum absolute atomic E-state index is 0.881. The predicted octanol–water partition coefficient (Wildman–Crippen LogP) is -0.00400. The minimum Gasteiger partial charge on any atom is -0.280 e. The molecule has 38 valence electrons. The van der Waals surface area contributed by atoms with Gasteiger partial charge >= 0.3 is 0 Å². The monoisotopic (exact) mass is 95.0 g/mol. The smallest absolute Gasteiger partial charge is 0.210 e. The molecule has 1 N–H and O–H groups in total. The number of hydrogen-bond acceptors (Lipinski definition) is 3. The molecule has 0 rings (SSSR count). The predicted molar refractivity (Wildman–Crippen MR) is 17.2 cm³/mol. The van der Waals surface area contributed by atoms with Gasteiger partial charge < -0.3 is 0 Å². The lowest BCUT2D eigenvalue weighted by molar-refractivity contribution is -0.174. The van der Waals surface area contributed by atoms with Gasteiger partial charge in [-0.2, -0.15) is 0 Å². The van der Waals surface area contributed by atoms with Gasteiger partial charge in [0.15, 0.2) is 0 Å². The van der Waals surface area contributed by atoms with Crippen molar-refractivity contribution in [2.75, 3.05) is 14.0 Å². The molecule has 0 amide bonds. The van der Waals surface area contributed by atoms with Crippen molar-refractivity contribution >= 4 is 0 Å². The molecule has 0 unspecified atom stereocenters. The molecule has 0 aliphatic heterocycles. The van der Waals surface area contributed by atoms with Crippen molar-refractivity contribution in [2.45, 2.75) is 0 Å². The molecule has 0 fully saturated rings. The van der Waals surface area contributed by atoms with Gasteiger partial charge in [0.2, 0.25) is 6.86 Å². The molecule has 4 heteroatoms. The Morgan fingerprint density at radius 2 is 2.50 bits per heavy atom. The van der Waals surface area contributed by atoms with Crippen LogP contribution in [-0.2, 0) is 9.68 Å². The first kappa shape index (κ1) is 5.81. The summed E-state index contributed by atoms with van der Waals surface area (Å²) in [6.45, 7) is -0.881. The van der Waals surface area contributed by atoms with Gasteiger partial charge in [0.05, 0.1) is 7.11 Å². The van der Waals surface area contributed by atoms with Crippen LogP contribution in [0.5, 0.6) is 0 Å². The van der Waals surface area contributed by atoms with Crippen molar-refractivity contribution in [1.29, 1.82) is 0 Å². The van der Waals surface area contributed by atoms with Crippen LogP contribution in [0.1, 0.15) is 0 Å². The summed E-state index contributed by atoms with van der Waals surface area (Å²) in [4.78, 5) is 7.91. The maximum absolute atomic E-state index is 10.8. The highest BCUT2D eigenvalue weighted by atomic mass is 19.1. The van der Waals surface area contributed by atoms with E-state index < -0.39 is 6.86 Å². The topological polar surface area (TPSA) is 30.5 Å². The highest BCUT2D eigenvalue weighted by Crippen LogP contribution is 1.63. The molecule has 0 spiro atoms. The average Bonchev–Trinajstić information content (AvgIpc) is 1.61. The molecule has 0 aromatic heterocycles. The van der Waals surface area contributed by atoms with Crippen molar-refractivity contribution in [1.82, 2.24) is 5.64 Å². The van der Waals surface area contributed by atoms with Gasteiger partial charge in [-0.05, 0) is 0 Å². The van der Waals surface area contributed by atoms with E-state index in [1.54, 1.807) is 0 Å². The number of alkyl halides is 1. The molecule has 3 nitrogen and oxygen atoms in total. The van der Waals surface area contributed by atoms with E-state index in [1.165, 1.54) is 7.11 Å². The molecule has 0 aliphatic rings. The Morgan fingerprint density at radius 1 is 1.83 bits per heavy atom. The van der Waals surface area contributed by atoms with Crippen LogP contribution in [0.3, 0.4) is 0 Å². The Balaban J connectivity index is 2.34. The van der Waals surface area contributed by atoms with Gasteiger partial charge in [-0.3, -0.25) is 4.84 Å². The fraction of sp³-hybridized carbons (Fsp3) is 1.00. The number of halogens is 1. The zero-order chi connectivity index (χ0) is 4.83. The molecule has 6 heavy (non-hydrogen) atoms. The lowest BCUT2D eigenvalue weighted by Crippen LogP contribution is -2.10. The first-order chi connectivity index (χ1) is 2.91. The van der Waals surface area contributed by atoms with Gasteiger partial charge in [0, 0.05) is 0 Å². The summed E-state index contributed by atoms with van der Waals surface area (Å²) in [6, 6.07) is 0. The average molecular weight is 95.1 g/mol. The summed E-state index contributed by atoms with van der Waals surface area (Å²) < 4.78 is 10.8. The van der Waals surface area contributed by atoms with Gasteiger partial charge in [-0.1, -0.05) is 5.64 Å². The SMILES string of the molecule is CONOCF. The Labute approximate surface area is 35.0 Å². The number of rotatable bonds is 3. The zero-order valence-electron chi connectivity index (χ0n) is 3.40. The van der Waals surface area contributed by atoms with E-state index in [0.717, 1.165) is 0 Å². The van der Waals surface area contributed by atoms with E-state index in [0.29, 0.717) is 0 Å². The van der Waals surface area contributed by atoms with Crippen molar-refractivity contribution in [3.8, 4) is 0 Å². The summed E-state index contributed by atoms with van der Waals surface area (Å²) in [6.07, 6.45) is 0. The largest absolute Gasteiger partial charge is 0.280 e. The molecule has 0 aliphatic carbocycles. The highest BCUT2D eigenvalue weighted by Gasteiger charge is 1.71. The Kier molecular flexibility index (Phi) is 4.66. The van der Waals surface area contributed by atoms with Crippen molar-refractivity contribution in [3.05, 3.63) is 0 Å². The van der Waals surface area contributed by atoms with E-state index in [1.807, 2.05) is 5.64 Å². The molecule has 0 bridgehead atoms. The normalized spacial score (nSPS) is 9.00. The van der Waals surface area contributed by atoms with Crippen molar-refractivity contribution in [2.24, 2.45) is 0 Å². The first-order valence-corrected chi connectivity index (χ1v) is 1.37. The third-order valence-corrected chi connectivity index (χ3v) is 0.197. The van der Waals surface area contributed by atoms with E-state index in [9.17, 15) is 4.39 Å². The van der Waals surface area contributed by atoms with Crippen molar-refractivity contribution < 1.29 is 14.1 Å². The second-order valence-corrected chi connectivity index (χ2v) is 0.541. The van der Waals surface area contributed by atoms with Crippen LogP contribution in [0.2, 0.25) is 0 Å². The Hall–Kier alpha value is -0.190. The summed E-state index contributed by atoms with van der Waals surface area (Å²) in [5.41, 5.74) is 1.82. The number of nitrogens with one attached hydrogen (secondary N) is 1. The quantitative estimate of drug-likeness (QED) is 0.395. The summed E-state index contributed by atoms with van der Waals surface area (Å²) in [5, 5.41) is 0. The maximum atomic E-state index is 10.8. The van der Waals surface area contributed by atoms with Gasteiger partial charge in [0.25, 0.3) is 0 Å². The van der Waals surface area contributed by atoms with Crippen molar-refractivity contribution in [3.63, 3.8) is 0 Å². The van der Waals surface area contributed by atoms with E-state index >= 15 is 0 Å². The van der Waals surface area contributed by atoms with Gasteiger partial charge in [-0.15, -0.1) is 0 Å². The summed E-state index contributed by atoms with van der Waals surface area (Å²) in [7, 11) is 1.33. The molecule has 0 radical (unpaired) electrons. The van der Waals surface area contributed by atoms with Crippen LogP contribution < -0.4 is 5.64 Å². The molecule has 0 atom stereocenters. The maximum Gasteiger partial charge on any atom is 0.210 e. The summed E-state index contributed by atoms with van der Waals surface area (Å²) >= 11 is 0. The second kappa shape index (κ2) is 4.81. The van der Waals surface area contributed by atoms with Gasteiger partial charge in [0.1, 0.15) is 0 Å². The molecular weight excluding hydrogens is 89.0 g/mol. The second-order valence-electron chi connectivity index (χ2n) is 0.541. The van der Waals surface area contributed by atoms with Crippen LogP contribution in [0.15, 0.2) is 0 Å². The van der Waals surface area contributed by atoms with Gasteiger partial charge in [-0.25, -0.2) is 9.23 Å². The highest BCUT2D eigenvalue weighted by molar-refractivity contribution is 3.75. The standard InChI is InChI=1S/C2H6FNO2/c1-5-4-6-2-3/h4H,2H2,1H3. The van der Waals surface area contributed by atoms with Crippen LogP contribution >= 0.6 is 0 Å². The summed E-state index contributed by atoms with van der Waals surface area (Å²) in [5.74, 6) is 0. The van der Waals surface area contributed by atoms with Crippen LogP contribution in [-0.4, -0.2) is 14.0 Å². The minimum atomic E-state index is -0.881. The Bertz CT molecular complexity index is 23.5. The third kappa shape index (κ3) is 3.81. The van der Waals surface area contributed by atoms with Crippen LogP contribution in [0.4, 0.5) is 4.39 Å². The molecule has 0 saturated carbocycles. The first-order valence-electron chi connectivity index (χ1n) is 1.37. The molecule has 0 heterocycles. The van der Waals surface area contributed by atoms with Crippen LogP contribution in [0.25, 0.3) is 0 Å². The van der Waals surface area contributed by atoms with Crippen LogP contribution in [0, 0.1) is 0 Å². The Morgan fingerprint density at radius 3 is 2.67 bits per heavy atom.